The van der Waals surface area contributed by atoms with Crippen LogP contribution in [0.2, 0.25) is 0 Å². The maximum absolute atomic E-state index is 12.8. The van der Waals surface area contributed by atoms with Crippen LogP contribution < -0.4 is 5.32 Å². The van der Waals surface area contributed by atoms with Gasteiger partial charge in [0.05, 0.1) is 19.3 Å². The van der Waals surface area contributed by atoms with E-state index in [0.29, 0.717) is 11.6 Å². The van der Waals surface area contributed by atoms with Crippen LogP contribution in [-0.2, 0) is 4.74 Å². The summed E-state index contributed by atoms with van der Waals surface area (Å²) in [6.07, 6.45) is 8.99. The first-order valence-corrected chi connectivity index (χ1v) is 10.8. The zero-order valence-corrected chi connectivity index (χ0v) is 16.7. The lowest BCUT2D eigenvalue weighted by atomic mass is 9.90. The number of likely N-dealkylation sites (tertiary alicyclic amines) is 1. The second-order valence-electron chi connectivity index (χ2n) is 7.38. The van der Waals surface area contributed by atoms with E-state index in [1.807, 2.05) is 23.7 Å². The van der Waals surface area contributed by atoms with E-state index in [4.69, 9.17) is 4.74 Å². The van der Waals surface area contributed by atoms with Gasteiger partial charge in [0.15, 0.2) is 0 Å². The Morgan fingerprint density at radius 2 is 2.32 bits per heavy atom. The van der Waals surface area contributed by atoms with Crippen molar-refractivity contribution in [3.05, 3.63) is 58.3 Å². The summed E-state index contributed by atoms with van der Waals surface area (Å²) in [5.41, 5.74) is 1.82. The maximum atomic E-state index is 12.8. The Labute approximate surface area is 169 Å². The molecule has 6 nitrogen and oxygen atoms in total. The van der Waals surface area contributed by atoms with E-state index in [1.54, 1.807) is 23.6 Å². The number of aromatic nitrogens is 2. The van der Waals surface area contributed by atoms with E-state index < -0.39 is 0 Å². The Hall–Kier alpha value is -2.09. The summed E-state index contributed by atoms with van der Waals surface area (Å²) in [4.78, 5) is 23.9. The van der Waals surface area contributed by atoms with E-state index in [9.17, 15) is 4.79 Å². The number of nitrogens with one attached hydrogen (secondary N) is 1. The van der Waals surface area contributed by atoms with Crippen LogP contribution in [0.5, 0.6) is 0 Å². The average Bonchev–Trinajstić information content (AvgIpc) is 3.28. The van der Waals surface area contributed by atoms with Crippen LogP contribution in [0.1, 0.15) is 40.8 Å². The number of hydrogen-bond acceptors (Lipinski definition) is 6. The molecule has 1 amide bonds. The predicted octanol–water partition coefficient (Wildman–Crippen LogP) is 3.07. The van der Waals surface area contributed by atoms with Gasteiger partial charge < -0.3 is 10.1 Å². The van der Waals surface area contributed by atoms with Gasteiger partial charge in [0.2, 0.25) is 0 Å². The molecule has 2 aromatic rings. The second-order valence-corrected chi connectivity index (χ2v) is 8.30. The van der Waals surface area contributed by atoms with E-state index >= 15 is 0 Å². The first kappa shape index (κ1) is 19.2. The number of pyridine rings is 1. The van der Waals surface area contributed by atoms with Crippen LogP contribution >= 0.6 is 11.3 Å². The van der Waals surface area contributed by atoms with E-state index in [2.05, 4.69) is 26.3 Å². The summed E-state index contributed by atoms with van der Waals surface area (Å²) in [5.74, 6) is 0.194. The van der Waals surface area contributed by atoms with Gasteiger partial charge in [-0.2, -0.15) is 0 Å². The summed E-state index contributed by atoms with van der Waals surface area (Å²) in [5, 5.41) is 6.15. The molecule has 2 atom stereocenters. The molecule has 2 aromatic heterocycles. The minimum atomic E-state index is -0.138. The van der Waals surface area contributed by atoms with Gasteiger partial charge >= 0.3 is 0 Å². The highest BCUT2D eigenvalue weighted by molar-refractivity contribution is 7.09. The quantitative estimate of drug-likeness (QED) is 0.758. The third kappa shape index (κ3) is 4.84. The Balaban J connectivity index is 1.46. The molecule has 0 unspecified atom stereocenters. The molecular formula is C21H26N4O2S. The third-order valence-electron chi connectivity index (χ3n) is 5.32. The van der Waals surface area contributed by atoms with Crippen LogP contribution in [0.15, 0.2) is 47.6 Å². The van der Waals surface area contributed by atoms with E-state index in [0.717, 1.165) is 57.1 Å². The van der Waals surface area contributed by atoms with Crippen molar-refractivity contribution in [1.29, 1.82) is 0 Å². The summed E-state index contributed by atoms with van der Waals surface area (Å²) in [7, 11) is 0. The number of rotatable bonds is 6. The topological polar surface area (TPSA) is 67.4 Å². The van der Waals surface area contributed by atoms with Crippen LogP contribution in [0.3, 0.4) is 0 Å². The zero-order chi connectivity index (χ0) is 19.2. The Morgan fingerprint density at radius 1 is 1.36 bits per heavy atom. The fourth-order valence-corrected chi connectivity index (χ4v) is 4.78. The number of amides is 1. The highest BCUT2D eigenvalue weighted by Gasteiger charge is 2.31. The molecule has 1 saturated heterocycles. The molecule has 0 aliphatic carbocycles. The third-order valence-corrected chi connectivity index (χ3v) is 6.18. The molecule has 7 heteroatoms. The molecule has 4 heterocycles. The number of thiazole rings is 1. The SMILES string of the molecule is O=C(N[C@@H](c1nccs1)[C@H]1CCCN(CC2=CCCOC2)C1)c1ccccn1. The van der Waals surface area contributed by atoms with Crippen molar-refractivity contribution in [3.63, 3.8) is 0 Å². The zero-order valence-electron chi connectivity index (χ0n) is 15.9. The summed E-state index contributed by atoms with van der Waals surface area (Å²) in [6, 6.07) is 5.31. The van der Waals surface area contributed by atoms with Gasteiger partial charge in [-0.3, -0.25) is 14.7 Å². The monoisotopic (exact) mass is 398 g/mol. The number of hydrogen-bond donors (Lipinski definition) is 1. The molecule has 0 aromatic carbocycles. The number of carbonyl (C=O) groups is 1. The number of piperidine rings is 1. The summed E-state index contributed by atoms with van der Waals surface area (Å²) >= 11 is 1.60. The van der Waals surface area contributed by atoms with Crippen molar-refractivity contribution in [2.24, 2.45) is 5.92 Å². The van der Waals surface area contributed by atoms with Gasteiger partial charge in [0.1, 0.15) is 10.7 Å². The van der Waals surface area contributed by atoms with Crippen molar-refractivity contribution in [3.8, 4) is 0 Å². The minimum absolute atomic E-state index is 0.0890. The lowest BCUT2D eigenvalue weighted by Crippen LogP contribution is -2.44. The predicted molar refractivity (Wildman–Crippen MR) is 109 cm³/mol. The molecule has 2 aliphatic heterocycles. The molecule has 28 heavy (non-hydrogen) atoms. The standard InChI is InChI=1S/C21H26N4O2S/c26-20(18-7-1-2-8-22-18)24-19(21-23-9-12-28-21)17-6-3-10-25(14-17)13-16-5-4-11-27-15-16/h1-2,5,7-9,12,17,19H,3-4,6,10-11,13-15H2,(H,24,26)/t17-,19+/m0/s1. The van der Waals surface area contributed by atoms with Crippen molar-refractivity contribution in [2.75, 3.05) is 32.8 Å². The Kier molecular flexibility index (Phi) is 6.46. The molecule has 1 N–H and O–H groups in total. The number of ether oxygens (including phenoxy) is 1. The number of nitrogens with zero attached hydrogens (tertiary/aromatic N) is 3. The van der Waals surface area contributed by atoms with Crippen LogP contribution in [-0.4, -0.2) is 53.6 Å². The maximum Gasteiger partial charge on any atom is 0.270 e. The normalized spacial score (nSPS) is 21.7. The molecule has 0 radical (unpaired) electrons. The van der Waals surface area contributed by atoms with Gasteiger partial charge in [-0.15, -0.1) is 11.3 Å². The van der Waals surface area contributed by atoms with Gasteiger partial charge in [-0.25, -0.2) is 4.98 Å². The first-order chi connectivity index (χ1) is 13.8. The molecule has 2 aliphatic rings. The van der Waals surface area contributed by atoms with Gasteiger partial charge in [0.25, 0.3) is 5.91 Å². The van der Waals surface area contributed by atoms with E-state index in [1.165, 1.54) is 5.57 Å². The van der Waals surface area contributed by atoms with Crippen LogP contribution in [0.4, 0.5) is 0 Å². The van der Waals surface area contributed by atoms with Crippen LogP contribution in [0.25, 0.3) is 0 Å². The molecule has 0 bridgehead atoms. The first-order valence-electron chi connectivity index (χ1n) is 9.89. The Morgan fingerprint density at radius 3 is 3.07 bits per heavy atom. The van der Waals surface area contributed by atoms with Crippen molar-refractivity contribution < 1.29 is 9.53 Å². The number of carbonyl (C=O) groups excluding carboxylic acids is 1. The molecule has 148 valence electrons. The van der Waals surface area contributed by atoms with Crippen LogP contribution in [0, 0.1) is 5.92 Å². The second kappa shape index (κ2) is 9.41. The molecule has 0 spiro atoms. The minimum Gasteiger partial charge on any atom is -0.377 e. The van der Waals surface area contributed by atoms with Gasteiger partial charge in [-0.05, 0) is 49.4 Å². The van der Waals surface area contributed by atoms with E-state index in [-0.39, 0.29) is 11.9 Å². The average molecular weight is 399 g/mol. The largest absolute Gasteiger partial charge is 0.377 e. The molecule has 1 fully saturated rings. The smallest absolute Gasteiger partial charge is 0.270 e. The van der Waals surface area contributed by atoms with Crippen molar-refractivity contribution in [1.82, 2.24) is 20.2 Å². The Bertz CT molecular complexity index is 794. The summed E-state index contributed by atoms with van der Waals surface area (Å²) < 4.78 is 5.59. The highest BCUT2D eigenvalue weighted by atomic mass is 32.1. The lowest BCUT2D eigenvalue weighted by Gasteiger charge is -2.37. The molecular weight excluding hydrogens is 372 g/mol. The lowest BCUT2D eigenvalue weighted by molar-refractivity contribution is 0.0876. The fraction of sp³-hybridized carbons (Fsp3) is 0.476. The molecule has 0 saturated carbocycles. The highest BCUT2D eigenvalue weighted by Crippen LogP contribution is 2.31. The summed E-state index contributed by atoms with van der Waals surface area (Å²) in [6.45, 7) is 4.57. The fourth-order valence-electron chi connectivity index (χ4n) is 3.99. The van der Waals surface area contributed by atoms with Crippen molar-refractivity contribution >= 4 is 17.2 Å². The molecule has 4 rings (SSSR count). The van der Waals surface area contributed by atoms with Gasteiger partial charge in [-0.1, -0.05) is 12.1 Å². The van der Waals surface area contributed by atoms with Gasteiger partial charge in [0, 0.05) is 30.9 Å². The van der Waals surface area contributed by atoms with Crippen molar-refractivity contribution in [2.45, 2.75) is 25.3 Å².